The normalized spacial score (nSPS) is 14.5. The van der Waals surface area contributed by atoms with Crippen LogP contribution >= 0.6 is 0 Å². The maximum Gasteiger partial charge on any atom is -1.00 e. The molecule has 0 N–H and O–H groups in total. The minimum atomic E-state index is -1.81. The summed E-state index contributed by atoms with van der Waals surface area (Å²) >= 11 is -1.81. The summed E-state index contributed by atoms with van der Waals surface area (Å²) in [5.41, 5.74) is 5.64. The molecule has 2 aliphatic carbocycles. The first-order chi connectivity index (χ1) is 12.7. The fourth-order valence-electron chi connectivity index (χ4n) is 3.87. The van der Waals surface area contributed by atoms with Crippen LogP contribution in [0.25, 0.3) is 0 Å². The summed E-state index contributed by atoms with van der Waals surface area (Å²) in [6.45, 7) is 4.47. The topological polar surface area (TPSA) is 0 Å². The van der Waals surface area contributed by atoms with Gasteiger partial charge in [-0.25, -0.2) is 0 Å². The molecule has 0 saturated heterocycles. The van der Waals surface area contributed by atoms with Crippen molar-refractivity contribution >= 4 is 3.81 Å². The molecule has 0 fully saturated rings. The van der Waals surface area contributed by atoms with E-state index in [4.69, 9.17) is 0 Å². The summed E-state index contributed by atoms with van der Waals surface area (Å²) in [7, 11) is 0. The van der Waals surface area contributed by atoms with E-state index in [9.17, 15) is 0 Å². The van der Waals surface area contributed by atoms with Gasteiger partial charge < -0.3 is 24.8 Å². The zero-order valence-electron chi connectivity index (χ0n) is 16.3. The van der Waals surface area contributed by atoms with Crippen molar-refractivity contribution in [3.63, 3.8) is 0 Å². The summed E-state index contributed by atoms with van der Waals surface area (Å²) < 4.78 is 4.95. The Morgan fingerprint density at radius 2 is 1.04 bits per heavy atom. The molecule has 0 spiro atoms. The Morgan fingerprint density at radius 1 is 0.643 bits per heavy atom. The van der Waals surface area contributed by atoms with Crippen molar-refractivity contribution in [3.8, 4) is 0 Å². The van der Waals surface area contributed by atoms with Crippen molar-refractivity contribution in [1.29, 1.82) is 0 Å². The van der Waals surface area contributed by atoms with Crippen LogP contribution in [0, 0.1) is 0 Å². The second kappa shape index (κ2) is 10.4. The quantitative estimate of drug-likeness (QED) is 0.599. The summed E-state index contributed by atoms with van der Waals surface area (Å²) in [4.78, 5) is 0. The first-order valence-electron chi connectivity index (χ1n) is 9.33. The Bertz CT molecular complexity index is 898. The van der Waals surface area contributed by atoms with Gasteiger partial charge in [-0.05, 0) is 0 Å². The van der Waals surface area contributed by atoms with Crippen LogP contribution in [0.3, 0.4) is 0 Å². The molecule has 2 aliphatic rings. The van der Waals surface area contributed by atoms with Gasteiger partial charge >= 0.3 is 163 Å². The number of rotatable bonds is 4. The predicted molar refractivity (Wildman–Crippen MR) is 109 cm³/mol. The second-order valence-electron chi connectivity index (χ2n) is 7.13. The van der Waals surface area contributed by atoms with E-state index in [-0.39, 0.29) is 24.8 Å². The summed E-state index contributed by atoms with van der Waals surface area (Å²) in [5.74, 6) is 0. The zero-order valence-corrected chi connectivity index (χ0v) is 19.3. The van der Waals surface area contributed by atoms with Crippen LogP contribution in [0.1, 0.15) is 37.8 Å². The van der Waals surface area contributed by atoms with Crippen LogP contribution in [0.15, 0.2) is 104 Å². The van der Waals surface area contributed by atoms with E-state index < -0.39 is 17.4 Å². The van der Waals surface area contributed by atoms with E-state index in [0.29, 0.717) is 0 Å². The van der Waals surface area contributed by atoms with E-state index in [0.717, 1.165) is 12.8 Å². The standard InChI is InChI=1S/C13H10.2C6H7.2ClH.Ti/c1-3-7-12(8-4-1)11-13-9-5-2-6-10-13;2*1-6-4-2-3-5-6;;;/h1-10H;2*4-5H,2H2,1H3;2*1H;/q;;;;;+2/p-2. The average molecular weight is 443 g/mol. The van der Waals surface area contributed by atoms with Crippen molar-refractivity contribution in [3.05, 3.63) is 115 Å². The van der Waals surface area contributed by atoms with Gasteiger partial charge in [0, 0.05) is 0 Å². The SMILES string of the molecule is CC1=CC[C]([Ti+2]([C]2=CC(C)=CC2)=[C](c2ccccc2)c2ccccc2)=C1.[Cl-].[Cl-]. The zero-order chi connectivity index (χ0) is 17.9. The van der Waals surface area contributed by atoms with E-state index in [1.54, 1.807) is 11.6 Å². The molecule has 2 aromatic carbocycles. The molecule has 0 radical (unpaired) electrons. The van der Waals surface area contributed by atoms with Gasteiger partial charge in [0.05, 0.1) is 0 Å². The molecular weight excluding hydrogens is 419 g/mol. The number of benzene rings is 2. The molecule has 142 valence electrons. The average Bonchev–Trinajstić information content (AvgIpc) is 3.29. The molecule has 0 aliphatic heterocycles. The fraction of sp³-hybridized carbons (Fsp3) is 0.160. The Balaban J connectivity index is 0.00000140. The largest absolute Gasteiger partial charge is 1.00 e. The Labute approximate surface area is 186 Å². The van der Waals surface area contributed by atoms with Gasteiger partial charge in [-0.3, -0.25) is 0 Å². The van der Waals surface area contributed by atoms with Gasteiger partial charge in [-0.1, -0.05) is 0 Å². The van der Waals surface area contributed by atoms with E-state index in [2.05, 4.69) is 98.8 Å². The minimum absolute atomic E-state index is 0. The fourth-order valence-corrected chi connectivity index (χ4v) is 9.06. The first-order valence-corrected chi connectivity index (χ1v) is 11.7. The number of halogens is 2. The van der Waals surface area contributed by atoms with Crippen LogP contribution in [0.4, 0.5) is 0 Å². The molecule has 0 saturated carbocycles. The monoisotopic (exact) mass is 442 g/mol. The molecule has 3 heteroatoms. The van der Waals surface area contributed by atoms with Crippen molar-refractivity contribution in [2.75, 3.05) is 0 Å². The van der Waals surface area contributed by atoms with Crippen LogP contribution in [0.5, 0.6) is 0 Å². The van der Waals surface area contributed by atoms with Gasteiger partial charge in [0.25, 0.3) is 0 Å². The van der Waals surface area contributed by atoms with Gasteiger partial charge in [0.15, 0.2) is 0 Å². The minimum Gasteiger partial charge on any atom is -1.00 e. The van der Waals surface area contributed by atoms with Crippen molar-refractivity contribution < 1.29 is 42.2 Å². The molecule has 0 aromatic heterocycles. The molecule has 0 amide bonds. The van der Waals surface area contributed by atoms with Crippen LogP contribution < -0.4 is 24.8 Å². The van der Waals surface area contributed by atoms with Crippen LogP contribution in [-0.2, 0) is 17.4 Å². The first kappa shape index (κ1) is 22.8. The number of hydrogen-bond donors (Lipinski definition) is 0. The third kappa shape index (κ3) is 4.94. The molecule has 28 heavy (non-hydrogen) atoms. The van der Waals surface area contributed by atoms with Crippen LogP contribution in [0.2, 0.25) is 0 Å². The molecule has 0 atom stereocenters. The van der Waals surface area contributed by atoms with E-state index >= 15 is 0 Å². The third-order valence-electron chi connectivity index (χ3n) is 5.11. The number of hydrogen-bond acceptors (Lipinski definition) is 0. The summed E-state index contributed by atoms with van der Waals surface area (Å²) in [6.07, 6.45) is 12.0. The van der Waals surface area contributed by atoms with Gasteiger partial charge in [-0.2, -0.15) is 0 Å². The molecule has 0 bridgehead atoms. The van der Waals surface area contributed by atoms with Gasteiger partial charge in [-0.15, -0.1) is 0 Å². The molecule has 0 nitrogen and oxygen atoms in total. The Hall–Kier alpha value is -1.44. The van der Waals surface area contributed by atoms with Crippen molar-refractivity contribution in [1.82, 2.24) is 0 Å². The summed E-state index contributed by atoms with van der Waals surface area (Å²) in [6, 6.07) is 22.1. The maximum absolute atomic E-state index is 2.47. The molecule has 0 unspecified atom stereocenters. The maximum atomic E-state index is 2.47. The van der Waals surface area contributed by atoms with Crippen LogP contribution in [-0.4, -0.2) is 3.81 Å². The Morgan fingerprint density at radius 3 is 1.36 bits per heavy atom. The van der Waals surface area contributed by atoms with Gasteiger partial charge in [0.1, 0.15) is 0 Å². The van der Waals surface area contributed by atoms with Crippen molar-refractivity contribution in [2.24, 2.45) is 0 Å². The summed E-state index contributed by atoms with van der Waals surface area (Å²) in [5, 5.41) is 0. The molecule has 0 heterocycles. The number of allylic oxidation sites excluding steroid dienone is 8. The second-order valence-corrected chi connectivity index (χ2v) is 11.1. The smallest absolute Gasteiger partial charge is 1.00 e. The third-order valence-corrected chi connectivity index (χ3v) is 9.89. The predicted octanol–water partition coefficient (Wildman–Crippen LogP) is 0.349. The molecule has 4 rings (SSSR count). The Kier molecular flexibility index (Phi) is 8.46. The van der Waals surface area contributed by atoms with Gasteiger partial charge in [0.2, 0.25) is 0 Å². The van der Waals surface area contributed by atoms with E-state index in [1.165, 1.54) is 22.3 Å². The van der Waals surface area contributed by atoms with Crippen molar-refractivity contribution in [2.45, 2.75) is 26.7 Å². The van der Waals surface area contributed by atoms with E-state index in [1.807, 2.05) is 0 Å². The molecule has 2 aromatic rings. The molecular formula is C25H24Cl2Ti.